The summed E-state index contributed by atoms with van der Waals surface area (Å²) >= 11 is 0. The van der Waals surface area contributed by atoms with Crippen LogP contribution < -0.4 is 11.1 Å². The summed E-state index contributed by atoms with van der Waals surface area (Å²) in [5, 5.41) is 23.9. The number of aliphatic hydroxyl groups is 1. The number of fused-ring (bicyclic) bond motifs is 2. The van der Waals surface area contributed by atoms with Gasteiger partial charge in [-0.15, -0.1) is 0 Å². The molecule has 5 N–H and O–H groups in total. The van der Waals surface area contributed by atoms with E-state index in [-0.39, 0.29) is 16.4 Å². The first-order valence-electron chi connectivity index (χ1n) is 10.3. The van der Waals surface area contributed by atoms with Gasteiger partial charge in [0.2, 0.25) is 0 Å². The highest BCUT2D eigenvalue weighted by atomic mass is 16.4. The number of aliphatic carboxylic acids is 1. The molecule has 150 valence electrons. The quantitative estimate of drug-likeness (QED) is 0.447. The van der Waals surface area contributed by atoms with Crippen LogP contribution >= 0.6 is 0 Å². The van der Waals surface area contributed by atoms with Crippen molar-refractivity contribution in [1.82, 2.24) is 5.32 Å². The van der Waals surface area contributed by atoms with Crippen molar-refractivity contribution in [1.29, 1.82) is 0 Å². The van der Waals surface area contributed by atoms with Crippen LogP contribution in [0.1, 0.15) is 58.8 Å². The maximum atomic E-state index is 12.0. The molecule has 0 radical (unpaired) electrons. The Morgan fingerprint density at radius 3 is 2.59 bits per heavy atom. The second kappa shape index (κ2) is 5.97. The number of hydrogen-bond donors (Lipinski definition) is 4. The number of nitrogens with zero attached hydrogens (tertiary/aromatic N) is 1. The molecule has 4 aliphatic rings. The molecule has 6 nitrogen and oxygen atoms in total. The van der Waals surface area contributed by atoms with Crippen LogP contribution in [-0.2, 0) is 4.79 Å². The number of nitrogens with two attached hydrogens (primary N) is 1. The molecule has 0 amide bonds. The Morgan fingerprint density at radius 1 is 1.33 bits per heavy atom. The van der Waals surface area contributed by atoms with Crippen LogP contribution in [0.3, 0.4) is 0 Å². The standard InChI is InChI=1S/C21H33N3O3/c1-12-9-20(6-4-5-7-20)15-8-13-16(17(26)27)14(25)10-21(12,13)19(15,2)11-24-18(22)23-3/h12,14-15,25H,4-11H2,1-3H3,(H,26,27)(H3,22,23,24)/t12-,14+,15-,19-,21+/m1/s1. The molecule has 0 aromatic rings. The second-order valence-corrected chi connectivity index (χ2v) is 9.70. The van der Waals surface area contributed by atoms with Crippen LogP contribution in [0.2, 0.25) is 0 Å². The molecule has 4 aliphatic carbocycles. The number of aliphatic imine (C=N–C) groups is 1. The van der Waals surface area contributed by atoms with Crippen molar-refractivity contribution in [2.75, 3.05) is 13.6 Å². The largest absolute Gasteiger partial charge is 0.478 e. The molecule has 2 spiro atoms. The SMILES string of the molecule is CN=C(N)NC[C@]1(C)[C@H]2CC3=C(C(=O)O)[C@@H](O)C[C@]31[C@H](C)CC21CCCC1. The zero-order valence-electron chi connectivity index (χ0n) is 16.7. The van der Waals surface area contributed by atoms with Crippen molar-refractivity contribution >= 4 is 11.9 Å². The number of carboxylic acid groups (broad SMARTS) is 1. The Bertz CT molecular complexity index is 724. The van der Waals surface area contributed by atoms with Crippen molar-refractivity contribution in [2.24, 2.45) is 38.8 Å². The number of nitrogens with one attached hydrogen (secondary N) is 1. The minimum absolute atomic E-state index is 0.141. The second-order valence-electron chi connectivity index (χ2n) is 9.70. The lowest BCUT2D eigenvalue weighted by molar-refractivity contribution is -0.134. The molecule has 3 fully saturated rings. The van der Waals surface area contributed by atoms with E-state index in [1.807, 2.05) is 0 Å². The van der Waals surface area contributed by atoms with E-state index < -0.39 is 12.1 Å². The van der Waals surface area contributed by atoms with Gasteiger partial charge in [-0.05, 0) is 60.3 Å². The number of carbonyl (C=O) groups is 1. The molecule has 0 saturated heterocycles. The van der Waals surface area contributed by atoms with Crippen LogP contribution in [-0.4, -0.2) is 41.8 Å². The molecule has 0 unspecified atom stereocenters. The highest BCUT2D eigenvalue weighted by Gasteiger charge is 2.73. The smallest absolute Gasteiger partial charge is 0.334 e. The highest BCUT2D eigenvalue weighted by molar-refractivity contribution is 5.90. The fourth-order valence-corrected chi connectivity index (χ4v) is 8.00. The summed E-state index contributed by atoms with van der Waals surface area (Å²) in [5.74, 6) is 0.257. The molecule has 5 atom stereocenters. The molecule has 3 saturated carbocycles. The molecule has 4 rings (SSSR count). The predicted octanol–water partition coefficient (Wildman–Crippen LogP) is 2.28. The Hall–Kier alpha value is -1.56. The van der Waals surface area contributed by atoms with Crippen molar-refractivity contribution in [3.63, 3.8) is 0 Å². The van der Waals surface area contributed by atoms with Gasteiger partial charge in [0.15, 0.2) is 5.96 Å². The fourth-order valence-electron chi connectivity index (χ4n) is 8.00. The molecule has 6 heteroatoms. The van der Waals surface area contributed by atoms with Crippen molar-refractivity contribution in [3.05, 3.63) is 11.1 Å². The number of aliphatic hydroxyl groups excluding tert-OH is 1. The molecule has 2 bridgehead atoms. The lowest BCUT2D eigenvalue weighted by atomic mass is 9.45. The van der Waals surface area contributed by atoms with Gasteiger partial charge in [-0.25, -0.2) is 4.79 Å². The predicted molar refractivity (Wildman–Crippen MR) is 104 cm³/mol. The average Bonchev–Trinajstić information content (AvgIpc) is 3.23. The molecular formula is C21H33N3O3. The van der Waals surface area contributed by atoms with E-state index in [1.165, 1.54) is 25.7 Å². The van der Waals surface area contributed by atoms with Gasteiger partial charge in [0.1, 0.15) is 0 Å². The maximum Gasteiger partial charge on any atom is 0.334 e. The molecule has 27 heavy (non-hydrogen) atoms. The Balaban J connectivity index is 1.87. The van der Waals surface area contributed by atoms with E-state index in [0.29, 0.717) is 36.2 Å². The molecule has 0 heterocycles. The first-order valence-corrected chi connectivity index (χ1v) is 10.3. The third-order valence-electron chi connectivity index (χ3n) is 8.91. The van der Waals surface area contributed by atoms with Gasteiger partial charge in [-0.2, -0.15) is 0 Å². The average molecular weight is 376 g/mol. The summed E-state index contributed by atoms with van der Waals surface area (Å²) in [4.78, 5) is 16.1. The van der Waals surface area contributed by atoms with Crippen molar-refractivity contribution in [2.45, 2.75) is 64.9 Å². The van der Waals surface area contributed by atoms with Crippen LogP contribution in [0.25, 0.3) is 0 Å². The Kier molecular flexibility index (Phi) is 4.15. The van der Waals surface area contributed by atoms with Crippen molar-refractivity contribution < 1.29 is 15.0 Å². The molecular weight excluding hydrogens is 342 g/mol. The van der Waals surface area contributed by atoms with Gasteiger partial charge < -0.3 is 21.3 Å². The zero-order valence-corrected chi connectivity index (χ0v) is 16.7. The van der Waals surface area contributed by atoms with E-state index in [2.05, 4.69) is 24.2 Å². The summed E-state index contributed by atoms with van der Waals surface area (Å²) in [6, 6.07) is 0. The molecule has 0 aliphatic heterocycles. The zero-order chi connectivity index (χ0) is 19.6. The number of guanidine groups is 1. The normalized spacial score (nSPS) is 42.7. The van der Waals surface area contributed by atoms with E-state index >= 15 is 0 Å². The number of allylic oxidation sites excluding steroid dienone is 1. The molecule has 0 aromatic carbocycles. The summed E-state index contributed by atoms with van der Waals surface area (Å²) in [6.45, 7) is 5.28. The van der Waals surface area contributed by atoms with Gasteiger partial charge in [0.05, 0.1) is 11.7 Å². The number of carboxylic acids is 1. The summed E-state index contributed by atoms with van der Waals surface area (Å²) in [5.41, 5.74) is 7.16. The number of hydrogen-bond acceptors (Lipinski definition) is 3. The van der Waals surface area contributed by atoms with Crippen LogP contribution in [0.4, 0.5) is 0 Å². The van der Waals surface area contributed by atoms with E-state index in [0.717, 1.165) is 18.4 Å². The summed E-state index contributed by atoms with van der Waals surface area (Å²) < 4.78 is 0. The summed E-state index contributed by atoms with van der Waals surface area (Å²) in [7, 11) is 1.67. The molecule has 0 aromatic heterocycles. The Morgan fingerprint density at radius 2 is 2.00 bits per heavy atom. The van der Waals surface area contributed by atoms with Crippen LogP contribution in [0, 0.1) is 28.1 Å². The van der Waals surface area contributed by atoms with Gasteiger partial charge in [0, 0.05) is 19.0 Å². The Labute approximate surface area is 161 Å². The fraction of sp³-hybridized carbons (Fsp3) is 0.810. The first kappa shape index (κ1) is 18.8. The minimum Gasteiger partial charge on any atom is -0.478 e. The minimum atomic E-state index is -0.945. The van der Waals surface area contributed by atoms with E-state index in [4.69, 9.17) is 5.73 Å². The van der Waals surface area contributed by atoms with E-state index in [1.54, 1.807) is 7.05 Å². The van der Waals surface area contributed by atoms with Gasteiger partial charge in [0.25, 0.3) is 0 Å². The van der Waals surface area contributed by atoms with E-state index in [9.17, 15) is 15.0 Å². The topological polar surface area (TPSA) is 108 Å². The monoisotopic (exact) mass is 375 g/mol. The van der Waals surface area contributed by atoms with Gasteiger partial charge in [-0.1, -0.05) is 26.7 Å². The maximum absolute atomic E-state index is 12.0. The van der Waals surface area contributed by atoms with Crippen LogP contribution in [0.15, 0.2) is 16.1 Å². The van der Waals surface area contributed by atoms with Gasteiger partial charge in [-0.3, -0.25) is 4.99 Å². The summed E-state index contributed by atoms with van der Waals surface area (Å²) in [6.07, 6.45) is 6.64. The third-order valence-corrected chi connectivity index (χ3v) is 8.91. The van der Waals surface area contributed by atoms with Crippen LogP contribution in [0.5, 0.6) is 0 Å². The lowest BCUT2D eigenvalue weighted by Gasteiger charge is -2.60. The lowest BCUT2D eigenvalue weighted by Crippen LogP contribution is -2.58. The number of rotatable bonds is 3. The first-order chi connectivity index (χ1) is 12.7. The third kappa shape index (κ3) is 2.22. The highest BCUT2D eigenvalue weighted by Crippen LogP contribution is 2.78. The van der Waals surface area contributed by atoms with Gasteiger partial charge >= 0.3 is 5.97 Å². The van der Waals surface area contributed by atoms with Crippen molar-refractivity contribution in [3.8, 4) is 0 Å².